The number of hydrogen-bond donors (Lipinski definition) is 0. The number of fused-ring (bicyclic) bond motifs is 1. The zero-order chi connectivity index (χ0) is 13.7. The lowest BCUT2D eigenvalue weighted by Crippen LogP contribution is -2.37. The minimum atomic E-state index is -0.859. The van der Waals surface area contributed by atoms with E-state index in [4.69, 9.17) is 21.1 Å². The maximum absolute atomic E-state index is 12.6. The summed E-state index contributed by atoms with van der Waals surface area (Å²) in [5.41, 5.74) is 0.684. The molecule has 2 aliphatic heterocycles. The number of para-hydroxylation sites is 1. The lowest BCUT2D eigenvalue weighted by molar-refractivity contribution is 0.0755. The van der Waals surface area contributed by atoms with E-state index < -0.39 is 5.60 Å². The normalized spacial score (nSPS) is 27.1. The van der Waals surface area contributed by atoms with Gasteiger partial charge in [0.1, 0.15) is 18.5 Å². The molecule has 0 amide bonds. The molecule has 2 aliphatic rings. The molecule has 100 valence electrons. The van der Waals surface area contributed by atoms with Gasteiger partial charge in [-0.05, 0) is 29.8 Å². The standard InChI is InChI=1S/C16H11ClO3/c17-11-7-5-10(6-8-11)15-16(20-15)9-19-13-4-2-1-3-12(13)14(16)18/h1-8,15H,9H2/t15-,16-/m0/s1. The summed E-state index contributed by atoms with van der Waals surface area (Å²) in [5.74, 6) is 0.632. The molecule has 0 N–H and O–H groups in total. The fourth-order valence-electron chi connectivity index (χ4n) is 2.69. The Morgan fingerprint density at radius 3 is 2.65 bits per heavy atom. The van der Waals surface area contributed by atoms with Gasteiger partial charge in [-0.15, -0.1) is 0 Å². The summed E-state index contributed by atoms with van der Waals surface area (Å²) in [6.07, 6.45) is -0.249. The predicted octanol–water partition coefficient (Wildman–Crippen LogP) is 3.43. The largest absolute Gasteiger partial charge is 0.489 e. The zero-order valence-electron chi connectivity index (χ0n) is 10.5. The van der Waals surface area contributed by atoms with Crippen molar-refractivity contribution in [3.63, 3.8) is 0 Å². The van der Waals surface area contributed by atoms with E-state index in [1.807, 2.05) is 24.3 Å². The first-order valence-electron chi connectivity index (χ1n) is 6.41. The van der Waals surface area contributed by atoms with Crippen molar-refractivity contribution in [3.05, 3.63) is 64.7 Å². The van der Waals surface area contributed by atoms with Crippen LogP contribution in [0.3, 0.4) is 0 Å². The molecule has 4 rings (SSSR count). The van der Waals surface area contributed by atoms with E-state index in [-0.39, 0.29) is 18.5 Å². The molecule has 1 spiro atoms. The van der Waals surface area contributed by atoms with Crippen molar-refractivity contribution >= 4 is 17.4 Å². The van der Waals surface area contributed by atoms with Crippen LogP contribution in [0.1, 0.15) is 22.0 Å². The molecule has 2 aromatic rings. The van der Waals surface area contributed by atoms with Crippen molar-refractivity contribution in [2.45, 2.75) is 11.7 Å². The van der Waals surface area contributed by atoms with Gasteiger partial charge in [0.05, 0.1) is 5.56 Å². The zero-order valence-corrected chi connectivity index (χ0v) is 11.3. The molecule has 0 saturated carbocycles. The summed E-state index contributed by atoms with van der Waals surface area (Å²) in [7, 11) is 0. The molecule has 0 bridgehead atoms. The van der Waals surface area contributed by atoms with E-state index in [9.17, 15) is 4.79 Å². The van der Waals surface area contributed by atoms with Gasteiger partial charge in [0.15, 0.2) is 5.60 Å². The number of epoxide rings is 1. The number of ketones is 1. The summed E-state index contributed by atoms with van der Waals surface area (Å²) in [6.45, 7) is 0.260. The summed E-state index contributed by atoms with van der Waals surface area (Å²) in [6, 6.07) is 14.6. The number of halogens is 1. The molecule has 0 radical (unpaired) electrons. The second-order valence-electron chi connectivity index (χ2n) is 5.05. The first kappa shape index (κ1) is 11.9. The van der Waals surface area contributed by atoms with E-state index in [0.29, 0.717) is 16.3 Å². The molecule has 2 aromatic carbocycles. The average Bonchev–Trinajstić information content (AvgIpc) is 3.20. The third-order valence-corrected chi connectivity index (χ3v) is 4.08. The molecule has 2 atom stereocenters. The smallest absolute Gasteiger partial charge is 0.205 e. The number of carbonyl (C=O) groups is 1. The van der Waals surface area contributed by atoms with Crippen LogP contribution in [0.2, 0.25) is 5.02 Å². The first-order valence-corrected chi connectivity index (χ1v) is 6.78. The molecule has 0 aliphatic carbocycles. The molecule has 3 nitrogen and oxygen atoms in total. The van der Waals surface area contributed by atoms with Gasteiger partial charge in [0, 0.05) is 5.02 Å². The third kappa shape index (κ3) is 1.60. The van der Waals surface area contributed by atoms with Crippen LogP contribution in [0.25, 0.3) is 0 Å². The molecular formula is C16H11ClO3. The van der Waals surface area contributed by atoms with Crippen LogP contribution in [0.5, 0.6) is 5.75 Å². The van der Waals surface area contributed by atoms with Gasteiger partial charge in [0.2, 0.25) is 5.78 Å². The molecule has 2 heterocycles. The molecular weight excluding hydrogens is 276 g/mol. The van der Waals surface area contributed by atoms with Crippen molar-refractivity contribution < 1.29 is 14.3 Å². The fraction of sp³-hybridized carbons (Fsp3) is 0.188. The van der Waals surface area contributed by atoms with Gasteiger partial charge in [-0.2, -0.15) is 0 Å². The van der Waals surface area contributed by atoms with Gasteiger partial charge in [-0.25, -0.2) is 0 Å². The average molecular weight is 287 g/mol. The van der Waals surface area contributed by atoms with Crippen LogP contribution in [0.4, 0.5) is 0 Å². The summed E-state index contributed by atoms with van der Waals surface area (Å²) in [4.78, 5) is 12.6. The topological polar surface area (TPSA) is 38.8 Å². The number of hydrogen-bond acceptors (Lipinski definition) is 3. The minimum Gasteiger partial charge on any atom is -0.489 e. The lowest BCUT2D eigenvalue weighted by Gasteiger charge is -2.21. The van der Waals surface area contributed by atoms with E-state index in [1.165, 1.54) is 0 Å². The Balaban J connectivity index is 1.69. The second kappa shape index (κ2) is 4.08. The first-order chi connectivity index (χ1) is 9.71. The maximum Gasteiger partial charge on any atom is 0.205 e. The summed E-state index contributed by atoms with van der Waals surface area (Å²) >= 11 is 5.88. The highest BCUT2D eigenvalue weighted by Crippen LogP contribution is 2.54. The van der Waals surface area contributed by atoms with Crippen LogP contribution in [0.15, 0.2) is 48.5 Å². The highest BCUT2D eigenvalue weighted by molar-refractivity contribution is 6.30. The Kier molecular flexibility index (Phi) is 2.43. The van der Waals surface area contributed by atoms with Gasteiger partial charge in [0.25, 0.3) is 0 Å². The van der Waals surface area contributed by atoms with E-state index in [1.54, 1.807) is 24.3 Å². The Labute approximate surface area is 121 Å². The van der Waals surface area contributed by atoms with Gasteiger partial charge in [-0.1, -0.05) is 35.9 Å². The van der Waals surface area contributed by atoms with Gasteiger partial charge >= 0.3 is 0 Å². The van der Waals surface area contributed by atoms with Crippen LogP contribution in [-0.2, 0) is 4.74 Å². The fourth-order valence-corrected chi connectivity index (χ4v) is 2.82. The van der Waals surface area contributed by atoms with Crippen LogP contribution in [-0.4, -0.2) is 18.0 Å². The summed E-state index contributed by atoms with van der Waals surface area (Å²) < 4.78 is 11.4. The van der Waals surface area contributed by atoms with E-state index in [0.717, 1.165) is 5.56 Å². The van der Waals surface area contributed by atoms with Crippen molar-refractivity contribution in [2.75, 3.05) is 6.61 Å². The molecule has 0 aromatic heterocycles. The predicted molar refractivity (Wildman–Crippen MR) is 74.3 cm³/mol. The number of ether oxygens (including phenoxy) is 2. The van der Waals surface area contributed by atoms with Gasteiger partial charge < -0.3 is 9.47 Å². The Morgan fingerprint density at radius 2 is 1.85 bits per heavy atom. The van der Waals surface area contributed by atoms with Crippen molar-refractivity contribution in [2.24, 2.45) is 0 Å². The van der Waals surface area contributed by atoms with Crippen molar-refractivity contribution in [1.29, 1.82) is 0 Å². The Bertz CT molecular complexity index is 695. The molecule has 1 fully saturated rings. The third-order valence-electron chi connectivity index (χ3n) is 3.83. The highest BCUT2D eigenvalue weighted by Gasteiger charge is 2.65. The maximum atomic E-state index is 12.6. The number of rotatable bonds is 1. The SMILES string of the molecule is O=C1c2ccccc2OC[C@]12O[C@H]2c1ccc(Cl)cc1. The highest BCUT2D eigenvalue weighted by atomic mass is 35.5. The van der Waals surface area contributed by atoms with Gasteiger partial charge in [-0.3, -0.25) is 4.79 Å². The van der Waals surface area contributed by atoms with E-state index in [2.05, 4.69) is 0 Å². The van der Waals surface area contributed by atoms with Crippen molar-refractivity contribution in [3.8, 4) is 5.75 Å². The van der Waals surface area contributed by atoms with E-state index >= 15 is 0 Å². The molecule has 4 heteroatoms. The Morgan fingerprint density at radius 1 is 1.10 bits per heavy atom. The second-order valence-corrected chi connectivity index (χ2v) is 5.49. The quantitative estimate of drug-likeness (QED) is 0.754. The van der Waals surface area contributed by atoms with Crippen LogP contribution < -0.4 is 4.74 Å². The van der Waals surface area contributed by atoms with Crippen LogP contribution in [0, 0.1) is 0 Å². The molecule has 0 unspecified atom stereocenters. The molecule has 1 saturated heterocycles. The summed E-state index contributed by atoms with van der Waals surface area (Å²) in [5, 5.41) is 0.667. The molecule has 20 heavy (non-hydrogen) atoms. The van der Waals surface area contributed by atoms with Crippen LogP contribution >= 0.6 is 11.6 Å². The lowest BCUT2D eigenvalue weighted by atomic mass is 9.89. The van der Waals surface area contributed by atoms with Crippen molar-refractivity contribution in [1.82, 2.24) is 0 Å². The number of benzene rings is 2. The minimum absolute atomic E-state index is 0.000648. The number of carbonyl (C=O) groups excluding carboxylic acids is 1. The monoisotopic (exact) mass is 286 g/mol. The number of Topliss-reactive ketones (excluding diaryl/α,β-unsaturated/α-hetero) is 1. The Hall–Kier alpha value is -1.84.